The lowest BCUT2D eigenvalue weighted by Crippen LogP contribution is -2.63. The Morgan fingerprint density at radius 1 is 1.10 bits per heavy atom. The maximum atomic E-state index is 13.5. The van der Waals surface area contributed by atoms with Crippen LogP contribution in [0.15, 0.2) is 48.5 Å². The maximum absolute atomic E-state index is 13.5. The van der Waals surface area contributed by atoms with Gasteiger partial charge in [-0.1, -0.05) is 44.2 Å². The molecule has 0 bridgehead atoms. The van der Waals surface area contributed by atoms with Crippen LogP contribution in [0.3, 0.4) is 0 Å². The van der Waals surface area contributed by atoms with Crippen molar-refractivity contribution in [2.45, 2.75) is 32.4 Å². The highest BCUT2D eigenvalue weighted by Gasteiger charge is 2.48. The fourth-order valence-corrected chi connectivity index (χ4v) is 5.05. The molecule has 160 valence electrons. The lowest BCUT2D eigenvalue weighted by atomic mass is 9.86. The first kappa shape index (κ1) is 19.7. The zero-order chi connectivity index (χ0) is 21.7. The summed E-state index contributed by atoms with van der Waals surface area (Å²) in [6, 6.07) is 15.1. The third-order valence-electron chi connectivity index (χ3n) is 6.36. The van der Waals surface area contributed by atoms with Gasteiger partial charge < -0.3 is 19.5 Å². The predicted octanol–water partition coefficient (Wildman–Crippen LogP) is 3.52. The van der Waals surface area contributed by atoms with Crippen LogP contribution in [0, 0.1) is 5.92 Å². The molecule has 6 nitrogen and oxygen atoms in total. The minimum absolute atomic E-state index is 0.00428. The predicted molar refractivity (Wildman–Crippen MR) is 119 cm³/mol. The number of benzene rings is 2. The minimum Gasteiger partial charge on any atom is -0.497 e. The summed E-state index contributed by atoms with van der Waals surface area (Å²) in [7, 11) is 1.64. The molecule has 31 heavy (non-hydrogen) atoms. The molecule has 6 heteroatoms. The smallest absolute Gasteiger partial charge is 0.246 e. The van der Waals surface area contributed by atoms with Crippen molar-refractivity contribution in [2.75, 3.05) is 20.2 Å². The average molecular weight is 418 g/mol. The molecule has 0 radical (unpaired) electrons. The van der Waals surface area contributed by atoms with E-state index < -0.39 is 6.04 Å². The summed E-state index contributed by atoms with van der Waals surface area (Å²) < 4.78 is 5.32. The van der Waals surface area contributed by atoms with Gasteiger partial charge in [-0.15, -0.1) is 0 Å². The van der Waals surface area contributed by atoms with E-state index >= 15 is 0 Å². The van der Waals surface area contributed by atoms with Gasteiger partial charge in [0.1, 0.15) is 11.8 Å². The van der Waals surface area contributed by atoms with Crippen LogP contribution in [-0.2, 0) is 16.0 Å². The van der Waals surface area contributed by atoms with Gasteiger partial charge in [0.25, 0.3) is 0 Å². The van der Waals surface area contributed by atoms with Gasteiger partial charge in [-0.25, -0.2) is 0 Å². The number of nitrogens with zero attached hydrogens (tertiary/aromatic N) is 2. The zero-order valence-electron chi connectivity index (χ0n) is 18.1. The normalized spacial score (nSPS) is 20.9. The van der Waals surface area contributed by atoms with Crippen molar-refractivity contribution in [1.82, 2.24) is 14.8 Å². The molecule has 1 N–H and O–H groups in total. The summed E-state index contributed by atoms with van der Waals surface area (Å²) in [5, 5.41) is 1.12. The van der Waals surface area contributed by atoms with Crippen molar-refractivity contribution in [1.29, 1.82) is 0 Å². The van der Waals surface area contributed by atoms with Gasteiger partial charge in [-0.2, -0.15) is 0 Å². The van der Waals surface area contributed by atoms with Crippen LogP contribution in [0.4, 0.5) is 0 Å². The van der Waals surface area contributed by atoms with Crippen LogP contribution in [0.25, 0.3) is 10.9 Å². The van der Waals surface area contributed by atoms with Gasteiger partial charge >= 0.3 is 0 Å². The van der Waals surface area contributed by atoms with Crippen molar-refractivity contribution in [3.05, 3.63) is 65.4 Å². The number of methoxy groups -OCH3 is 1. The Bertz CT molecular complexity index is 1150. The van der Waals surface area contributed by atoms with Crippen molar-refractivity contribution < 1.29 is 14.3 Å². The molecule has 1 aromatic heterocycles. The number of ether oxygens (including phenoxy) is 1. The fourth-order valence-electron chi connectivity index (χ4n) is 5.05. The number of hydrogen-bond donors (Lipinski definition) is 1. The van der Waals surface area contributed by atoms with Crippen LogP contribution >= 0.6 is 0 Å². The number of aromatic nitrogens is 1. The second kappa shape index (κ2) is 7.45. The van der Waals surface area contributed by atoms with Crippen LogP contribution in [0.5, 0.6) is 5.75 Å². The van der Waals surface area contributed by atoms with Crippen LogP contribution in [0.1, 0.15) is 36.7 Å². The number of aromatic amines is 1. The molecule has 1 fully saturated rings. The van der Waals surface area contributed by atoms with E-state index in [1.807, 2.05) is 42.5 Å². The highest BCUT2D eigenvalue weighted by molar-refractivity contribution is 5.97. The van der Waals surface area contributed by atoms with E-state index in [4.69, 9.17) is 4.74 Å². The van der Waals surface area contributed by atoms with E-state index in [1.54, 1.807) is 16.9 Å². The Labute approximate surface area is 181 Å². The van der Waals surface area contributed by atoms with Crippen molar-refractivity contribution >= 4 is 22.7 Å². The number of para-hydroxylation sites is 1. The van der Waals surface area contributed by atoms with Crippen LogP contribution in [-0.4, -0.2) is 52.8 Å². The molecular formula is C25H27N3O3. The minimum atomic E-state index is -0.487. The highest BCUT2D eigenvalue weighted by Crippen LogP contribution is 2.42. The molecule has 2 aliphatic rings. The molecule has 0 saturated carbocycles. The van der Waals surface area contributed by atoms with Gasteiger partial charge in [0.15, 0.2) is 0 Å². The lowest BCUT2D eigenvalue weighted by Gasteiger charge is -2.47. The standard InChI is InChI=1S/C25H27N3O3/c1-15(2)13-27-14-22(29)28-21(25(27)30)12-19-18-6-4-5-7-20(18)26-23(19)24(28)16-8-10-17(31-3)11-9-16/h4-11,15,21,24,26H,12-14H2,1-3H3/t21-,24?/m0/s1. The molecule has 1 unspecified atom stereocenters. The number of H-pyrrole nitrogens is 1. The maximum Gasteiger partial charge on any atom is 0.246 e. The van der Waals surface area contributed by atoms with Gasteiger partial charge in [0, 0.05) is 29.6 Å². The van der Waals surface area contributed by atoms with Gasteiger partial charge in [0.05, 0.1) is 19.7 Å². The molecule has 2 amide bonds. The Morgan fingerprint density at radius 2 is 1.84 bits per heavy atom. The largest absolute Gasteiger partial charge is 0.497 e. The number of hydrogen-bond acceptors (Lipinski definition) is 3. The first-order valence-corrected chi connectivity index (χ1v) is 10.8. The fraction of sp³-hybridized carbons (Fsp3) is 0.360. The molecule has 3 aromatic rings. The summed E-state index contributed by atoms with van der Waals surface area (Å²) in [6.07, 6.45) is 0.533. The van der Waals surface area contributed by atoms with E-state index in [0.29, 0.717) is 18.9 Å². The lowest BCUT2D eigenvalue weighted by molar-refractivity contribution is -0.159. The van der Waals surface area contributed by atoms with E-state index in [-0.39, 0.29) is 24.4 Å². The summed E-state index contributed by atoms with van der Waals surface area (Å²) in [4.78, 5) is 34.0. The molecule has 1 saturated heterocycles. The van der Waals surface area contributed by atoms with Gasteiger partial charge in [0.2, 0.25) is 11.8 Å². The Morgan fingerprint density at radius 3 is 2.55 bits per heavy atom. The molecule has 2 atom stereocenters. The molecule has 2 aromatic carbocycles. The quantitative estimate of drug-likeness (QED) is 0.706. The monoisotopic (exact) mass is 417 g/mol. The van der Waals surface area contributed by atoms with E-state index in [2.05, 4.69) is 24.9 Å². The average Bonchev–Trinajstić information content (AvgIpc) is 3.14. The van der Waals surface area contributed by atoms with Gasteiger partial charge in [-0.05, 0) is 35.2 Å². The molecule has 0 aliphatic carbocycles. The summed E-state index contributed by atoms with van der Waals surface area (Å²) in [6.45, 7) is 4.88. The van der Waals surface area contributed by atoms with E-state index in [0.717, 1.165) is 33.5 Å². The summed E-state index contributed by atoms with van der Waals surface area (Å²) in [5.74, 6) is 1.11. The Kier molecular flexibility index (Phi) is 4.73. The summed E-state index contributed by atoms with van der Waals surface area (Å²) >= 11 is 0. The second-order valence-corrected chi connectivity index (χ2v) is 8.87. The SMILES string of the molecule is COc1ccc(C2c3[nH]c4ccccc4c3C[C@H]3C(=O)N(CC(C)C)CC(=O)N23)cc1. The summed E-state index contributed by atoms with van der Waals surface area (Å²) in [5.41, 5.74) is 4.13. The first-order valence-electron chi connectivity index (χ1n) is 10.8. The molecule has 2 aliphatic heterocycles. The van der Waals surface area contributed by atoms with Crippen LogP contribution < -0.4 is 4.74 Å². The van der Waals surface area contributed by atoms with E-state index in [1.165, 1.54) is 0 Å². The van der Waals surface area contributed by atoms with Crippen molar-refractivity contribution in [3.63, 3.8) is 0 Å². The van der Waals surface area contributed by atoms with Gasteiger partial charge in [-0.3, -0.25) is 9.59 Å². The van der Waals surface area contributed by atoms with Crippen molar-refractivity contribution in [3.8, 4) is 5.75 Å². The third kappa shape index (κ3) is 3.17. The van der Waals surface area contributed by atoms with Crippen LogP contribution in [0.2, 0.25) is 0 Å². The van der Waals surface area contributed by atoms with E-state index in [9.17, 15) is 9.59 Å². The second-order valence-electron chi connectivity index (χ2n) is 8.87. The highest BCUT2D eigenvalue weighted by atomic mass is 16.5. The number of piperazine rings is 1. The third-order valence-corrected chi connectivity index (χ3v) is 6.36. The van der Waals surface area contributed by atoms with Crippen molar-refractivity contribution in [2.24, 2.45) is 5.92 Å². The molecule has 3 heterocycles. The number of fused-ring (bicyclic) bond motifs is 4. The number of nitrogens with one attached hydrogen (secondary N) is 1. The molecule has 0 spiro atoms. The molecule has 5 rings (SSSR count). The number of rotatable bonds is 4. The number of amides is 2. The Balaban J connectivity index is 1.66. The zero-order valence-corrected chi connectivity index (χ0v) is 18.1. The molecular weight excluding hydrogens is 390 g/mol. The first-order chi connectivity index (χ1) is 15.0. The Hall–Kier alpha value is -3.28. The number of carbonyl (C=O) groups is 2. The number of carbonyl (C=O) groups excluding carboxylic acids is 2. The topological polar surface area (TPSA) is 65.6 Å².